The highest BCUT2D eigenvalue weighted by atomic mass is 16.6. The molecule has 0 rings (SSSR count). The van der Waals surface area contributed by atoms with E-state index in [0.29, 0.717) is 19.3 Å². The first-order valence-corrected chi connectivity index (χ1v) is 29.5. The van der Waals surface area contributed by atoms with E-state index in [1.54, 1.807) is 0 Å². The topological polar surface area (TPSA) is 78.9 Å². The van der Waals surface area contributed by atoms with Crippen molar-refractivity contribution in [2.24, 2.45) is 0 Å². The maximum Gasteiger partial charge on any atom is 0.306 e. The molecule has 0 fully saturated rings. The van der Waals surface area contributed by atoms with E-state index < -0.39 is 6.10 Å². The fraction of sp³-hybridized carbons (Fsp3) is 0.949. The Bertz CT molecular complexity index is 967. The highest BCUT2D eigenvalue weighted by molar-refractivity contribution is 5.71. The summed E-state index contributed by atoms with van der Waals surface area (Å²) in [6.45, 7) is 6.70. The molecule has 1 atom stereocenters. The van der Waals surface area contributed by atoms with Crippen LogP contribution in [-0.2, 0) is 28.6 Å². The van der Waals surface area contributed by atoms with Crippen molar-refractivity contribution in [2.45, 2.75) is 348 Å². The van der Waals surface area contributed by atoms with Crippen LogP contribution in [0.25, 0.3) is 0 Å². The Morgan fingerprint density at radius 3 is 0.615 bits per heavy atom. The Labute approximate surface area is 406 Å². The molecule has 0 N–H and O–H groups in total. The molecule has 0 aromatic carbocycles. The van der Waals surface area contributed by atoms with Gasteiger partial charge in [-0.05, 0) is 19.3 Å². The van der Waals surface area contributed by atoms with E-state index in [2.05, 4.69) is 20.8 Å². The van der Waals surface area contributed by atoms with Gasteiger partial charge in [0.1, 0.15) is 13.2 Å². The maximum absolute atomic E-state index is 12.8. The first kappa shape index (κ1) is 63.4. The summed E-state index contributed by atoms with van der Waals surface area (Å²) in [7, 11) is 0. The number of hydrogen-bond acceptors (Lipinski definition) is 6. The van der Waals surface area contributed by atoms with E-state index in [-0.39, 0.29) is 31.1 Å². The van der Waals surface area contributed by atoms with Crippen LogP contribution in [0.15, 0.2) is 0 Å². The van der Waals surface area contributed by atoms with Gasteiger partial charge in [0.05, 0.1) is 0 Å². The largest absolute Gasteiger partial charge is 0.462 e. The summed E-state index contributed by atoms with van der Waals surface area (Å²) in [4.78, 5) is 38.1. The van der Waals surface area contributed by atoms with Crippen molar-refractivity contribution in [3.63, 3.8) is 0 Å². The van der Waals surface area contributed by atoms with Crippen molar-refractivity contribution < 1.29 is 28.6 Å². The molecule has 0 aromatic heterocycles. The molecule has 6 nitrogen and oxygen atoms in total. The van der Waals surface area contributed by atoms with Crippen LogP contribution < -0.4 is 0 Å². The van der Waals surface area contributed by atoms with E-state index in [9.17, 15) is 14.4 Å². The van der Waals surface area contributed by atoms with Crippen molar-refractivity contribution in [1.29, 1.82) is 0 Å². The summed E-state index contributed by atoms with van der Waals surface area (Å²) in [5, 5.41) is 0. The van der Waals surface area contributed by atoms with Gasteiger partial charge in [0.25, 0.3) is 0 Å². The number of esters is 3. The van der Waals surface area contributed by atoms with Gasteiger partial charge < -0.3 is 14.2 Å². The standard InChI is InChI=1S/C59H114O6/c1-4-7-10-13-16-19-22-24-26-27-28-29-30-31-32-34-35-37-40-43-46-49-52-58(61)64-55-56(54-63-57(60)51-48-45-42-39-21-18-15-12-9-6-3)65-59(62)53-50-47-44-41-38-36-33-25-23-20-17-14-11-8-5-2/h56H,4-55H2,1-3H3. The fourth-order valence-electron chi connectivity index (χ4n) is 9.15. The minimum Gasteiger partial charge on any atom is -0.462 e. The van der Waals surface area contributed by atoms with Crippen LogP contribution in [-0.4, -0.2) is 37.2 Å². The Kier molecular flexibility index (Phi) is 53.7. The van der Waals surface area contributed by atoms with Crippen LogP contribution in [0.5, 0.6) is 0 Å². The molecular weight excluding hydrogens is 805 g/mol. The number of carbonyl (C=O) groups is 3. The highest BCUT2D eigenvalue weighted by Gasteiger charge is 2.19. The van der Waals surface area contributed by atoms with Gasteiger partial charge in [-0.3, -0.25) is 14.4 Å². The first-order valence-electron chi connectivity index (χ1n) is 29.5. The lowest BCUT2D eigenvalue weighted by atomic mass is 10.0. The molecule has 0 spiro atoms. The van der Waals surface area contributed by atoms with Crippen molar-refractivity contribution in [2.75, 3.05) is 13.2 Å². The van der Waals surface area contributed by atoms with Gasteiger partial charge in [-0.15, -0.1) is 0 Å². The van der Waals surface area contributed by atoms with E-state index in [4.69, 9.17) is 14.2 Å². The second-order valence-corrected chi connectivity index (χ2v) is 20.3. The van der Waals surface area contributed by atoms with Gasteiger partial charge in [-0.1, -0.05) is 303 Å². The SMILES string of the molecule is CCCCCCCCCCCCCCCCCCCCCCCCC(=O)OCC(COC(=O)CCCCCCCCCCCC)OC(=O)CCCCCCCCCCCCCCCCC. The number of carbonyl (C=O) groups excluding carboxylic acids is 3. The Morgan fingerprint density at radius 2 is 0.415 bits per heavy atom. The molecule has 0 radical (unpaired) electrons. The second kappa shape index (κ2) is 55.0. The molecule has 0 amide bonds. The molecule has 6 heteroatoms. The number of unbranched alkanes of at least 4 members (excludes halogenated alkanes) is 44. The summed E-state index contributed by atoms with van der Waals surface area (Å²) < 4.78 is 16.9. The number of ether oxygens (including phenoxy) is 3. The smallest absolute Gasteiger partial charge is 0.306 e. The van der Waals surface area contributed by atoms with E-state index in [0.717, 1.165) is 57.8 Å². The molecule has 0 bridgehead atoms. The lowest BCUT2D eigenvalue weighted by Crippen LogP contribution is -2.30. The zero-order valence-corrected chi connectivity index (χ0v) is 44.3. The molecule has 1 unspecified atom stereocenters. The van der Waals surface area contributed by atoms with Crippen molar-refractivity contribution in [1.82, 2.24) is 0 Å². The predicted molar refractivity (Wildman–Crippen MR) is 280 cm³/mol. The van der Waals surface area contributed by atoms with E-state index in [1.165, 1.54) is 244 Å². The maximum atomic E-state index is 12.8. The molecule has 0 saturated heterocycles. The molecule has 0 heterocycles. The Morgan fingerprint density at radius 1 is 0.246 bits per heavy atom. The summed E-state index contributed by atoms with van der Waals surface area (Å²) in [6, 6.07) is 0. The predicted octanol–water partition coefficient (Wildman–Crippen LogP) is 19.5. The second-order valence-electron chi connectivity index (χ2n) is 20.3. The van der Waals surface area contributed by atoms with Crippen molar-refractivity contribution >= 4 is 17.9 Å². The third-order valence-electron chi connectivity index (χ3n) is 13.6. The molecule has 0 aliphatic heterocycles. The summed E-state index contributed by atoms with van der Waals surface area (Å²) >= 11 is 0. The molecule has 65 heavy (non-hydrogen) atoms. The zero-order chi connectivity index (χ0) is 47.2. The Balaban J connectivity index is 4.17. The molecule has 386 valence electrons. The lowest BCUT2D eigenvalue weighted by Gasteiger charge is -2.18. The molecule has 0 aromatic rings. The van der Waals surface area contributed by atoms with Crippen LogP contribution in [0, 0.1) is 0 Å². The van der Waals surface area contributed by atoms with Crippen molar-refractivity contribution in [3.8, 4) is 0 Å². The van der Waals surface area contributed by atoms with Gasteiger partial charge in [-0.2, -0.15) is 0 Å². The number of hydrogen-bond donors (Lipinski definition) is 0. The third kappa shape index (κ3) is 53.2. The summed E-state index contributed by atoms with van der Waals surface area (Å²) in [5.41, 5.74) is 0. The summed E-state index contributed by atoms with van der Waals surface area (Å²) in [6.07, 6.45) is 61.1. The van der Waals surface area contributed by atoms with Crippen LogP contribution in [0.4, 0.5) is 0 Å². The highest BCUT2D eigenvalue weighted by Crippen LogP contribution is 2.18. The molecule has 0 aliphatic carbocycles. The van der Waals surface area contributed by atoms with E-state index in [1.807, 2.05) is 0 Å². The number of rotatable bonds is 55. The van der Waals surface area contributed by atoms with Gasteiger partial charge in [0, 0.05) is 19.3 Å². The van der Waals surface area contributed by atoms with Gasteiger partial charge in [-0.25, -0.2) is 0 Å². The van der Waals surface area contributed by atoms with Crippen molar-refractivity contribution in [3.05, 3.63) is 0 Å². The fourth-order valence-corrected chi connectivity index (χ4v) is 9.15. The van der Waals surface area contributed by atoms with E-state index >= 15 is 0 Å². The minimum absolute atomic E-state index is 0.0612. The first-order chi connectivity index (χ1) is 32.0. The van der Waals surface area contributed by atoms with Gasteiger partial charge >= 0.3 is 17.9 Å². The quantitative estimate of drug-likeness (QED) is 0.0344. The Hall–Kier alpha value is -1.59. The van der Waals surface area contributed by atoms with Gasteiger partial charge in [0.15, 0.2) is 6.10 Å². The van der Waals surface area contributed by atoms with Crippen LogP contribution in [0.2, 0.25) is 0 Å². The molecule has 0 aliphatic rings. The summed E-state index contributed by atoms with van der Waals surface area (Å²) in [5.74, 6) is -0.835. The normalized spacial score (nSPS) is 11.9. The van der Waals surface area contributed by atoms with Gasteiger partial charge in [0.2, 0.25) is 0 Å². The average molecular weight is 920 g/mol. The average Bonchev–Trinajstić information content (AvgIpc) is 3.30. The zero-order valence-electron chi connectivity index (χ0n) is 44.3. The lowest BCUT2D eigenvalue weighted by molar-refractivity contribution is -0.167. The van der Waals surface area contributed by atoms with Crippen LogP contribution >= 0.6 is 0 Å². The van der Waals surface area contributed by atoms with Crippen LogP contribution in [0.3, 0.4) is 0 Å². The molecule has 0 saturated carbocycles. The monoisotopic (exact) mass is 919 g/mol. The minimum atomic E-state index is -0.760. The third-order valence-corrected chi connectivity index (χ3v) is 13.6. The molecular formula is C59H114O6. The van der Waals surface area contributed by atoms with Crippen LogP contribution in [0.1, 0.15) is 342 Å².